The van der Waals surface area contributed by atoms with Gasteiger partial charge in [0.05, 0.1) is 33.1 Å². The predicted molar refractivity (Wildman–Crippen MR) is 92.5 cm³/mol. The molecule has 0 aromatic heterocycles. The number of carboxylic acids is 3. The summed E-state index contributed by atoms with van der Waals surface area (Å²) in [5.41, 5.74) is 0. The van der Waals surface area contributed by atoms with Crippen LogP contribution in [0, 0.1) is 0 Å². The molecule has 5 atom stereocenters. The van der Waals surface area contributed by atoms with Crippen molar-refractivity contribution in [3.63, 3.8) is 0 Å². The third-order valence-corrected chi connectivity index (χ3v) is 3.21. The minimum Gasteiger partial charge on any atom is -0.550 e. The first kappa shape index (κ1) is 33.6. The van der Waals surface area contributed by atoms with E-state index in [1.165, 1.54) is 0 Å². The number of aliphatic hydroxyl groups is 4. The number of esters is 1. The van der Waals surface area contributed by atoms with Crippen molar-refractivity contribution in [1.82, 2.24) is 0 Å². The molecule has 0 radical (unpaired) electrons. The van der Waals surface area contributed by atoms with E-state index in [1.807, 2.05) is 21.1 Å². The molecule has 30 heavy (non-hydrogen) atoms. The van der Waals surface area contributed by atoms with Crippen LogP contribution in [0.1, 0.15) is 19.8 Å². The van der Waals surface area contributed by atoms with Gasteiger partial charge < -0.3 is 59.3 Å². The molecule has 4 unspecified atom stereocenters. The molecule has 0 fully saturated rings. The smallest absolute Gasteiger partial charge is 0.550 e. The summed E-state index contributed by atoms with van der Waals surface area (Å²) in [5, 5.41) is 65.2. The van der Waals surface area contributed by atoms with E-state index in [4.69, 9.17) is 25.2 Å². The SMILES string of the molecule is CCC(=O)O[C@H](CC(=O)[O-])C[N+](C)(C)C.O=C([O-])C(O)C(O)C(O)C(O)C(=O)[O-].[Ca+2]. The van der Waals surface area contributed by atoms with Crippen LogP contribution in [-0.4, -0.2) is 145 Å². The number of carbonyl (C=O) groups excluding carboxylic acids is 4. The summed E-state index contributed by atoms with van der Waals surface area (Å²) in [5.74, 6) is -5.80. The molecule has 170 valence electrons. The molecule has 0 amide bonds. The molecule has 0 aliphatic heterocycles. The molecule has 14 heteroatoms. The number of carboxylic acid groups (broad SMARTS) is 3. The van der Waals surface area contributed by atoms with Crippen molar-refractivity contribution < 1.29 is 64.1 Å². The number of carbonyl (C=O) groups is 4. The van der Waals surface area contributed by atoms with E-state index in [1.54, 1.807) is 6.92 Å². The Morgan fingerprint density at radius 1 is 0.867 bits per heavy atom. The molecule has 0 aromatic rings. The van der Waals surface area contributed by atoms with Crippen LogP contribution in [0.25, 0.3) is 0 Å². The van der Waals surface area contributed by atoms with E-state index in [-0.39, 0.29) is 56.5 Å². The standard InChI is InChI=1S/C10H19NO4.C6H10O8.Ca/c1-5-10(14)15-8(6-9(12)13)7-11(2,3)4;7-1(3(9)5(11)12)2(8)4(10)6(13)14;/h8H,5-7H2,1-4H3;1-4,7-10H,(H,11,12)(H,13,14);/q;;+2/p-2/t8-;;/m1../s1. The van der Waals surface area contributed by atoms with E-state index >= 15 is 0 Å². The Morgan fingerprint density at radius 3 is 1.47 bits per heavy atom. The molecule has 0 aliphatic carbocycles. The molecule has 0 rings (SSSR count). The summed E-state index contributed by atoms with van der Waals surface area (Å²) in [4.78, 5) is 41.4. The number of nitrogens with zero attached hydrogens (tertiary/aromatic N) is 1. The third-order valence-electron chi connectivity index (χ3n) is 3.21. The zero-order valence-corrected chi connectivity index (χ0v) is 19.4. The number of rotatable bonds is 11. The first-order valence-electron chi connectivity index (χ1n) is 8.37. The molecule has 0 saturated carbocycles. The van der Waals surface area contributed by atoms with Crippen molar-refractivity contribution >= 4 is 61.6 Å². The molecule has 13 nitrogen and oxygen atoms in total. The summed E-state index contributed by atoms with van der Waals surface area (Å²) in [6.45, 7) is 2.13. The van der Waals surface area contributed by atoms with Crippen LogP contribution in [-0.2, 0) is 23.9 Å². The normalized spacial score (nSPS) is 15.7. The van der Waals surface area contributed by atoms with Crippen LogP contribution >= 0.6 is 0 Å². The fourth-order valence-electron chi connectivity index (χ4n) is 1.86. The Hall–Kier alpha value is -1.06. The van der Waals surface area contributed by atoms with Crippen LogP contribution in [0.5, 0.6) is 0 Å². The van der Waals surface area contributed by atoms with Crippen molar-refractivity contribution in [2.45, 2.75) is 50.3 Å². The molecule has 0 aliphatic rings. The topological polar surface area (TPSA) is 228 Å². The molecule has 0 heterocycles. The fraction of sp³-hybridized carbons (Fsp3) is 0.750. The molecule has 0 aromatic carbocycles. The average Bonchev–Trinajstić information content (AvgIpc) is 2.57. The number of aliphatic carboxylic acids is 3. The van der Waals surface area contributed by atoms with E-state index in [0.717, 1.165) is 0 Å². The molecule has 4 N–H and O–H groups in total. The molecular weight excluding hydrogens is 438 g/mol. The van der Waals surface area contributed by atoms with Gasteiger partial charge in [0, 0.05) is 18.8 Å². The largest absolute Gasteiger partial charge is 2.00 e. The first-order chi connectivity index (χ1) is 13.0. The number of likely N-dealkylation sites (N-methyl/N-ethyl adjacent to an activating group) is 1. The summed E-state index contributed by atoms with van der Waals surface area (Å²) >= 11 is 0. The zero-order chi connectivity index (χ0) is 23.5. The van der Waals surface area contributed by atoms with E-state index in [2.05, 4.69) is 0 Å². The Kier molecular flexibility index (Phi) is 17.6. The minimum atomic E-state index is -2.50. The van der Waals surface area contributed by atoms with E-state index in [0.29, 0.717) is 11.0 Å². The third kappa shape index (κ3) is 15.7. The molecule has 0 bridgehead atoms. The van der Waals surface area contributed by atoms with Crippen LogP contribution in [0.2, 0.25) is 0 Å². The number of quaternary nitrogens is 1. The van der Waals surface area contributed by atoms with Crippen molar-refractivity contribution in [2.24, 2.45) is 0 Å². The fourth-order valence-corrected chi connectivity index (χ4v) is 1.86. The summed E-state index contributed by atoms with van der Waals surface area (Å²) in [7, 11) is 5.71. The molecular formula is C16H27CaNO12. The van der Waals surface area contributed by atoms with Gasteiger partial charge >= 0.3 is 43.7 Å². The maximum Gasteiger partial charge on any atom is 2.00 e. The van der Waals surface area contributed by atoms with E-state index in [9.17, 15) is 34.5 Å². The molecule has 0 saturated heterocycles. The predicted octanol–water partition coefficient (Wildman–Crippen LogP) is -7.30. The Morgan fingerprint density at radius 2 is 1.23 bits per heavy atom. The first-order valence-corrected chi connectivity index (χ1v) is 8.37. The summed E-state index contributed by atoms with van der Waals surface area (Å²) in [6.07, 6.45) is -10.4. The number of hydrogen-bond donors (Lipinski definition) is 4. The van der Waals surface area contributed by atoms with Gasteiger partial charge in [-0.1, -0.05) is 6.92 Å². The maximum atomic E-state index is 11.0. The van der Waals surface area contributed by atoms with Crippen LogP contribution in [0.3, 0.4) is 0 Å². The van der Waals surface area contributed by atoms with Gasteiger partial charge in [-0.05, 0) is 0 Å². The Bertz CT molecular complexity index is 541. The van der Waals surface area contributed by atoms with Gasteiger partial charge in [0.15, 0.2) is 6.10 Å². The number of aliphatic hydroxyl groups excluding tert-OH is 4. The van der Waals surface area contributed by atoms with Crippen molar-refractivity contribution in [3.8, 4) is 0 Å². The minimum absolute atomic E-state index is 0. The van der Waals surface area contributed by atoms with Crippen LogP contribution in [0.15, 0.2) is 0 Å². The molecule has 0 spiro atoms. The van der Waals surface area contributed by atoms with Crippen molar-refractivity contribution in [3.05, 3.63) is 0 Å². The summed E-state index contributed by atoms with van der Waals surface area (Å²) < 4.78 is 5.55. The number of ether oxygens (including phenoxy) is 1. The quantitative estimate of drug-likeness (QED) is 0.127. The van der Waals surface area contributed by atoms with Crippen molar-refractivity contribution in [2.75, 3.05) is 27.7 Å². The van der Waals surface area contributed by atoms with Gasteiger partial charge in [-0.15, -0.1) is 0 Å². The van der Waals surface area contributed by atoms with Gasteiger partial charge in [0.2, 0.25) is 0 Å². The summed E-state index contributed by atoms with van der Waals surface area (Å²) in [6, 6.07) is 0. The zero-order valence-electron chi connectivity index (χ0n) is 17.2. The van der Waals surface area contributed by atoms with Crippen LogP contribution < -0.4 is 15.3 Å². The van der Waals surface area contributed by atoms with Gasteiger partial charge in [-0.2, -0.15) is 0 Å². The van der Waals surface area contributed by atoms with Gasteiger partial charge in [0.25, 0.3) is 0 Å². The second-order valence-corrected chi connectivity index (χ2v) is 7.02. The van der Waals surface area contributed by atoms with Crippen LogP contribution in [0.4, 0.5) is 0 Å². The van der Waals surface area contributed by atoms with E-state index < -0.39 is 48.4 Å². The Balaban J connectivity index is -0.000000471. The average molecular weight is 465 g/mol. The van der Waals surface area contributed by atoms with Crippen molar-refractivity contribution in [1.29, 1.82) is 0 Å². The van der Waals surface area contributed by atoms with Gasteiger partial charge in [-0.25, -0.2) is 0 Å². The second kappa shape index (κ2) is 15.7. The maximum absolute atomic E-state index is 11.0. The Labute approximate surface area is 203 Å². The second-order valence-electron chi connectivity index (χ2n) is 7.02. The van der Waals surface area contributed by atoms with Gasteiger partial charge in [0.1, 0.15) is 31.0 Å². The number of hydrogen-bond acceptors (Lipinski definition) is 12. The van der Waals surface area contributed by atoms with Gasteiger partial charge in [-0.3, -0.25) is 4.79 Å². The monoisotopic (exact) mass is 465 g/mol.